The molecule has 2 rings (SSSR count). The number of aromatic nitrogens is 2. The molecule has 0 radical (unpaired) electrons. The molecular formula is C13H15FN2. The van der Waals surface area contributed by atoms with E-state index in [4.69, 9.17) is 0 Å². The van der Waals surface area contributed by atoms with Gasteiger partial charge in [-0.15, -0.1) is 0 Å². The van der Waals surface area contributed by atoms with Crippen molar-refractivity contribution in [1.29, 1.82) is 0 Å². The zero-order valence-electron chi connectivity index (χ0n) is 9.74. The maximum Gasteiger partial charge on any atom is 0.126 e. The van der Waals surface area contributed by atoms with E-state index in [1.807, 2.05) is 33.2 Å². The van der Waals surface area contributed by atoms with Crippen molar-refractivity contribution in [2.24, 2.45) is 7.05 Å². The first-order valence-electron chi connectivity index (χ1n) is 5.36. The van der Waals surface area contributed by atoms with Crippen molar-refractivity contribution in [1.82, 2.24) is 9.78 Å². The molecule has 0 aliphatic carbocycles. The Hall–Kier alpha value is -1.64. The van der Waals surface area contributed by atoms with Crippen LogP contribution in [0.2, 0.25) is 0 Å². The third-order valence-corrected chi connectivity index (χ3v) is 2.66. The van der Waals surface area contributed by atoms with Gasteiger partial charge in [-0.1, -0.05) is 19.9 Å². The van der Waals surface area contributed by atoms with Crippen LogP contribution in [0.25, 0.3) is 11.1 Å². The normalized spacial score (nSPS) is 11.1. The Balaban J connectivity index is 2.47. The maximum absolute atomic E-state index is 13.5. The van der Waals surface area contributed by atoms with Gasteiger partial charge >= 0.3 is 0 Å². The second-order valence-electron chi connectivity index (χ2n) is 4.29. The van der Waals surface area contributed by atoms with Gasteiger partial charge in [0, 0.05) is 18.8 Å². The van der Waals surface area contributed by atoms with Crippen molar-refractivity contribution in [3.8, 4) is 11.1 Å². The third kappa shape index (κ3) is 1.98. The molecule has 0 atom stereocenters. The van der Waals surface area contributed by atoms with E-state index in [0.717, 1.165) is 16.7 Å². The van der Waals surface area contributed by atoms with E-state index in [1.54, 1.807) is 16.9 Å². The lowest BCUT2D eigenvalue weighted by Crippen LogP contribution is -1.93. The SMILES string of the molecule is CC(C)c1cc(-c2cnn(C)c2)ccc1F. The molecule has 0 N–H and O–H groups in total. The lowest BCUT2D eigenvalue weighted by molar-refractivity contribution is 0.598. The number of nitrogens with zero attached hydrogens (tertiary/aromatic N) is 2. The summed E-state index contributed by atoms with van der Waals surface area (Å²) in [5, 5.41) is 4.11. The summed E-state index contributed by atoms with van der Waals surface area (Å²) >= 11 is 0. The molecule has 2 aromatic rings. The summed E-state index contributed by atoms with van der Waals surface area (Å²) in [6.07, 6.45) is 3.72. The predicted octanol–water partition coefficient (Wildman–Crippen LogP) is 3.35. The molecule has 0 fully saturated rings. The molecule has 0 spiro atoms. The van der Waals surface area contributed by atoms with Crippen LogP contribution in [-0.4, -0.2) is 9.78 Å². The van der Waals surface area contributed by atoms with E-state index in [1.165, 1.54) is 6.07 Å². The zero-order chi connectivity index (χ0) is 11.7. The van der Waals surface area contributed by atoms with E-state index in [0.29, 0.717) is 0 Å². The second kappa shape index (κ2) is 4.08. The molecule has 0 bridgehead atoms. The molecule has 0 saturated heterocycles. The quantitative estimate of drug-likeness (QED) is 0.755. The van der Waals surface area contributed by atoms with Crippen LogP contribution in [0.15, 0.2) is 30.6 Å². The molecule has 0 aliphatic heterocycles. The fourth-order valence-corrected chi connectivity index (χ4v) is 1.74. The number of aryl methyl sites for hydroxylation is 1. The van der Waals surface area contributed by atoms with Gasteiger partial charge in [0.1, 0.15) is 5.82 Å². The van der Waals surface area contributed by atoms with Crippen molar-refractivity contribution in [3.63, 3.8) is 0 Å². The molecular weight excluding hydrogens is 203 g/mol. The Morgan fingerprint density at radius 1 is 1.25 bits per heavy atom. The molecule has 2 nitrogen and oxygen atoms in total. The lowest BCUT2D eigenvalue weighted by atomic mass is 9.98. The monoisotopic (exact) mass is 218 g/mol. The predicted molar refractivity (Wildman–Crippen MR) is 62.7 cm³/mol. The Bertz CT molecular complexity index is 500. The van der Waals surface area contributed by atoms with Crippen molar-refractivity contribution in [2.45, 2.75) is 19.8 Å². The number of benzene rings is 1. The van der Waals surface area contributed by atoms with Crippen LogP contribution in [0, 0.1) is 5.82 Å². The topological polar surface area (TPSA) is 17.8 Å². The summed E-state index contributed by atoms with van der Waals surface area (Å²) in [5.41, 5.74) is 2.78. The van der Waals surface area contributed by atoms with E-state index in [2.05, 4.69) is 5.10 Å². The lowest BCUT2D eigenvalue weighted by Gasteiger charge is -2.08. The van der Waals surface area contributed by atoms with E-state index < -0.39 is 0 Å². The molecule has 84 valence electrons. The van der Waals surface area contributed by atoms with Gasteiger partial charge in [-0.2, -0.15) is 5.10 Å². The number of rotatable bonds is 2. The first kappa shape index (κ1) is 10.9. The molecule has 1 aromatic carbocycles. The molecule has 3 heteroatoms. The molecule has 0 saturated carbocycles. The fraction of sp³-hybridized carbons (Fsp3) is 0.308. The Morgan fingerprint density at radius 3 is 2.56 bits per heavy atom. The van der Waals surface area contributed by atoms with Crippen LogP contribution in [0.3, 0.4) is 0 Å². The highest BCUT2D eigenvalue weighted by Gasteiger charge is 2.09. The molecule has 0 unspecified atom stereocenters. The van der Waals surface area contributed by atoms with Crippen LogP contribution >= 0.6 is 0 Å². The van der Waals surface area contributed by atoms with Gasteiger partial charge in [0.05, 0.1) is 6.20 Å². The smallest absolute Gasteiger partial charge is 0.126 e. The summed E-state index contributed by atoms with van der Waals surface area (Å²) in [7, 11) is 1.87. The number of hydrogen-bond donors (Lipinski definition) is 0. The highest BCUT2D eigenvalue weighted by atomic mass is 19.1. The van der Waals surface area contributed by atoms with Gasteiger partial charge < -0.3 is 0 Å². The van der Waals surface area contributed by atoms with Crippen molar-refractivity contribution in [3.05, 3.63) is 42.0 Å². The van der Waals surface area contributed by atoms with Gasteiger partial charge in [-0.3, -0.25) is 4.68 Å². The van der Waals surface area contributed by atoms with Gasteiger partial charge in [0.2, 0.25) is 0 Å². The van der Waals surface area contributed by atoms with E-state index in [-0.39, 0.29) is 11.7 Å². The van der Waals surface area contributed by atoms with E-state index in [9.17, 15) is 4.39 Å². The Kier molecular flexibility index (Phi) is 2.77. The highest BCUT2D eigenvalue weighted by Crippen LogP contribution is 2.25. The molecule has 16 heavy (non-hydrogen) atoms. The summed E-state index contributed by atoms with van der Waals surface area (Å²) in [4.78, 5) is 0. The summed E-state index contributed by atoms with van der Waals surface area (Å²) < 4.78 is 15.3. The second-order valence-corrected chi connectivity index (χ2v) is 4.29. The van der Waals surface area contributed by atoms with Crippen molar-refractivity contribution >= 4 is 0 Å². The van der Waals surface area contributed by atoms with Crippen LogP contribution in [-0.2, 0) is 7.05 Å². The maximum atomic E-state index is 13.5. The van der Waals surface area contributed by atoms with Gasteiger partial charge in [0.15, 0.2) is 0 Å². The molecule has 0 amide bonds. The van der Waals surface area contributed by atoms with Crippen molar-refractivity contribution in [2.75, 3.05) is 0 Å². The third-order valence-electron chi connectivity index (χ3n) is 2.66. The number of hydrogen-bond acceptors (Lipinski definition) is 1. The van der Waals surface area contributed by atoms with Gasteiger partial charge in [-0.25, -0.2) is 4.39 Å². The van der Waals surface area contributed by atoms with Gasteiger partial charge in [0.25, 0.3) is 0 Å². The van der Waals surface area contributed by atoms with Crippen LogP contribution in [0.5, 0.6) is 0 Å². The standard InChI is InChI=1S/C13H15FN2/c1-9(2)12-6-10(4-5-13(12)14)11-7-15-16(3)8-11/h4-9H,1-3H3. The molecule has 1 aromatic heterocycles. The van der Waals surface area contributed by atoms with Crippen LogP contribution in [0.4, 0.5) is 4.39 Å². The molecule has 0 aliphatic rings. The van der Waals surface area contributed by atoms with E-state index >= 15 is 0 Å². The fourth-order valence-electron chi connectivity index (χ4n) is 1.74. The largest absolute Gasteiger partial charge is 0.275 e. The average molecular weight is 218 g/mol. The summed E-state index contributed by atoms with van der Waals surface area (Å²) in [6.45, 7) is 3.98. The Labute approximate surface area is 94.7 Å². The van der Waals surface area contributed by atoms with Gasteiger partial charge in [-0.05, 0) is 29.2 Å². The minimum Gasteiger partial charge on any atom is -0.275 e. The van der Waals surface area contributed by atoms with Crippen LogP contribution in [0.1, 0.15) is 25.3 Å². The highest BCUT2D eigenvalue weighted by molar-refractivity contribution is 5.62. The summed E-state index contributed by atoms with van der Waals surface area (Å²) in [6, 6.07) is 5.22. The minimum atomic E-state index is -0.136. The summed E-state index contributed by atoms with van der Waals surface area (Å²) in [5.74, 6) is 0.0549. The zero-order valence-corrected chi connectivity index (χ0v) is 9.74. The Morgan fingerprint density at radius 2 is 2.00 bits per heavy atom. The first-order chi connectivity index (χ1) is 7.58. The van der Waals surface area contributed by atoms with Crippen LogP contribution < -0.4 is 0 Å². The number of halogens is 1. The minimum absolute atomic E-state index is 0.136. The average Bonchev–Trinajstić information content (AvgIpc) is 2.65. The van der Waals surface area contributed by atoms with Crippen molar-refractivity contribution < 1.29 is 4.39 Å². The first-order valence-corrected chi connectivity index (χ1v) is 5.36. The molecule has 1 heterocycles.